The molecule has 72 valence electrons. The summed E-state index contributed by atoms with van der Waals surface area (Å²) in [5, 5.41) is 2.81. The first-order valence-corrected chi connectivity index (χ1v) is 5.45. The first-order valence-electron chi connectivity index (χ1n) is 4.06. The third-order valence-electron chi connectivity index (χ3n) is 1.55. The smallest absolute Gasteiger partial charge is 0.229 e. The van der Waals surface area contributed by atoms with Gasteiger partial charge in [-0.2, -0.15) is 11.8 Å². The van der Waals surface area contributed by atoms with Gasteiger partial charge in [0.25, 0.3) is 0 Å². The third-order valence-corrected chi connectivity index (χ3v) is 2.10. The lowest BCUT2D eigenvalue weighted by Crippen LogP contribution is -2.27. The van der Waals surface area contributed by atoms with Gasteiger partial charge in [-0.3, -0.25) is 4.79 Å². The summed E-state index contributed by atoms with van der Waals surface area (Å²) in [6.45, 7) is 0.668. The zero-order valence-corrected chi connectivity index (χ0v) is 8.36. The maximum absolute atomic E-state index is 11.0. The Balaban J connectivity index is 2.11. The molecule has 4 nitrogen and oxygen atoms in total. The van der Waals surface area contributed by atoms with Crippen LogP contribution in [0.25, 0.3) is 0 Å². The monoisotopic (exact) mass is 199 g/mol. The molecule has 1 rings (SSSR count). The number of aromatic nitrogens is 2. The van der Waals surface area contributed by atoms with Crippen LogP contribution in [0.1, 0.15) is 5.69 Å². The van der Waals surface area contributed by atoms with Crippen molar-refractivity contribution in [1.82, 2.24) is 15.3 Å². The summed E-state index contributed by atoms with van der Waals surface area (Å²) >= 11 is 1.53. The maximum atomic E-state index is 11.0. The van der Waals surface area contributed by atoms with E-state index in [0.717, 1.165) is 12.1 Å². The van der Waals surface area contributed by atoms with Gasteiger partial charge in [0, 0.05) is 24.9 Å². The van der Waals surface area contributed by atoms with E-state index in [1.54, 1.807) is 12.5 Å². The van der Waals surface area contributed by atoms with Crippen molar-refractivity contribution < 1.29 is 4.79 Å². The number of hydrogen-bond donors (Lipinski definition) is 2. The fraction of sp³-hybridized carbons (Fsp3) is 0.500. The van der Waals surface area contributed by atoms with Crippen molar-refractivity contribution in [2.75, 3.05) is 18.6 Å². The molecule has 5 heteroatoms. The molecule has 0 aliphatic carbocycles. The van der Waals surface area contributed by atoms with Crippen LogP contribution in [0.5, 0.6) is 0 Å². The number of hydrogen-bond acceptors (Lipinski definition) is 3. The van der Waals surface area contributed by atoms with Crippen molar-refractivity contribution >= 4 is 17.7 Å². The molecule has 0 fully saturated rings. The van der Waals surface area contributed by atoms with Gasteiger partial charge in [0.05, 0.1) is 12.1 Å². The van der Waals surface area contributed by atoms with Gasteiger partial charge in [0.15, 0.2) is 0 Å². The highest BCUT2D eigenvalue weighted by molar-refractivity contribution is 7.99. The maximum Gasteiger partial charge on any atom is 0.229 e. The molecule has 1 heterocycles. The average molecular weight is 199 g/mol. The standard InChI is InChI=1S/C8H13N3OS/c1-13-5-8(12)10-3-2-7-4-9-6-11-7/h4,6H,2-3,5H2,1H3,(H,9,11)(H,10,12). The van der Waals surface area contributed by atoms with E-state index in [0.29, 0.717) is 12.3 Å². The normalized spacial score (nSPS) is 9.92. The van der Waals surface area contributed by atoms with Crippen LogP contribution in [-0.2, 0) is 11.2 Å². The van der Waals surface area contributed by atoms with Crippen LogP contribution >= 0.6 is 11.8 Å². The van der Waals surface area contributed by atoms with E-state index in [1.165, 1.54) is 11.8 Å². The Morgan fingerprint density at radius 1 is 1.77 bits per heavy atom. The van der Waals surface area contributed by atoms with E-state index in [1.807, 2.05) is 6.26 Å². The Bertz CT molecular complexity index is 248. The van der Waals surface area contributed by atoms with E-state index in [9.17, 15) is 4.79 Å². The van der Waals surface area contributed by atoms with Crippen LogP contribution in [0.2, 0.25) is 0 Å². The molecule has 0 aromatic carbocycles. The van der Waals surface area contributed by atoms with Crippen LogP contribution in [0.3, 0.4) is 0 Å². The lowest BCUT2D eigenvalue weighted by molar-refractivity contribution is -0.118. The van der Waals surface area contributed by atoms with Crippen molar-refractivity contribution in [3.05, 3.63) is 18.2 Å². The molecule has 0 atom stereocenters. The molecule has 0 saturated heterocycles. The lowest BCUT2D eigenvalue weighted by Gasteiger charge is -2.01. The fourth-order valence-electron chi connectivity index (χ4n) is 0.940. The molecule has 0 radical (unpaired) electrons. The van der Waals surface area contributed by atoms with Gasteiger partial charge in [-0.15, -0.1) is 0 Å². The number of imidazole rings is 1. The second-order valence-corrected chi connectivity index (χ2v) is 3.48. The molecule has 1 aromatic rings. The van der Waals surface area contributed by atoms with E-state index in [4.69, 9.17) is 0 Å². The van der Waals surface area contributed by atoms with Crippen LogP contribution in [0.15, 0.2) is 12.5 Å². The second-order valence-electron chi connectivity index (χ2n) is 2.61. The zero-order chi connectivity index (χ0) is 9.52. The summed E-state index contributed by atoms with van der Waals surface area (Å²) in [5.41, 5.74) is 1.05. The number of rotatable bonds is 5. The lowest BCUT2D eigenvalue weighted by atomic mass is 10.3. The van der Waals surface area contributed by atoms with Crippen molar-refractivity contribution in [3.8, 4) is 0 Å². The summed E-state index contributed by atoms with van der Waals surface area (Å²) in [6.07, 6.45) is 6.12. The van der Waals surface area contributed by atoms with Crippen LogP contribution in [0, 0.1) is 0 Å². The predicted octanol–water partition coefficient (Wildman–Crippen LogP) is 0.431. The van der Waals surface area contributed by atoms with Crippen LogP contribution in [0.4, 0.5) is 0 Å². The minimum Gasteiger partial charge on any atom is -0.355 e. The molecule has 0 spiro atoms. The molecule has 0 unspecified atom stereocenters. The minimum absolute atomic E-state index is 0.0898. The molecule has 0 bridgehead atoms. The Labute approximate surface area is 81.5 Å². The van der Waals surface area contributed by atoms with Gasteiger partial charge in [-0.25, -0.2) is 4.98 Å². The second kappa shape index (κ2) is 5.64. The Hall–Kier alpha value is -0.970. The zero-order valence-electron chi connectivity index (χ0n) is 7.54. The molecule has 0 aliphatic rings. The number of nitrogens with one attached hydrogen (secondary N) is 2. The molecule has 0 saturated carbocycles. The number of nitrogens with zero attached hydrogens (tertiary/aromatic N) is 1. The minimum atomic E-state index is 0.0898. The summed E-state index contributed by atoms with van der Waals surface area (Å²) < 4.78 is 0. The molecule has 13 heavy (non-hydrogen) atoms. The van der Waals surface area contributed by atoms with Crippen LogP contribution < -0.4 is 5.32 Å². The summed E-state index contributed by atoms with van der Waals surface area (Å²) in [5.74, 6) is 0.621. The van der Waals surface area contributed by atoms with E-state index < -0.39 is 0 Å². The first-order chi connectivity index (χ1) is 6.33. The molecular weight excluding hydrogens is 186 g/mol. The van der Waals surface area contributed by atoms with Gasteiger partial charge < -0.3 is 10.3 Å². The van der Waals surface area contributed by atoms with Gasteiger partial charge in [-0.1, -0.05) is 0 Å². The van der Waals surface area contributed by atoms with Crippen molar-refractivity contribution in [2.45, 2.75) is 6.42 Å². The van der Waals surface area contributed by atoms with Crippen molar-refractivity contribution in [2.24, 2.45) is 0 Å². The average Bonchev–Trinajstić information content (AvgIpc) is 2.57. The highest BCUT2D eigenvalue weighted by Crippen LogP contribution is 1.92. The predicted molar refractivity (Wildman–Crippen MR) is 53.7 cm³/mol. The summed E-state index contributed by atoms with van der Waals surface area (Å²) in [4.78, 5) is 17.9. The number of amides is 1. The van der Waals surface area contributed by atoms with Gasteiger partial charge >= 0.3 is 0 Å². The van der Waals surface area contributed by atoms with Crippen molar-refractivity contribution in [1.29, 1.82) is 0 Å². The van der Waals surface area contributed by atoms with E-state index >= 15 is 0 Å². The number of carbonyl (C=O) groups is 1. The molecular formula is C8H13N3OS. The largest absolute Gasteiger partial charge is 0.355 e. The molecule has 1 amide bonds. The van der Waals surface area contributed by atoms with Crippen molar-refractivity contribution in [3.63, 3.8) is 0 Å². The third kappa shape index (κ3) is 3.98. The van der Waals surface area contributed by atoms with Gasteiger partial charge in [0.1, 0.15) is 0 Å². The first kappa shape index (κ1) is 10.1. The number of thioether (sulfide) groups is 1. The molecule has 0 aliphatic heterocycles. The molecule has 2 N–H and O–H groups in total. The van der Waals surface area contributed by atoms with E-state index in [-0.39, 0.29) is 5.91 Å². The number of carbonyl (C=O) groups excluding carboxylic acids is 1. The topological polar surface area (TPSA) is 57.8 Å². The summed E-state index contributed by atoms with van der Waals surface area (Å²) in [7, 11) is 0. The van der Waals surface area contributed by atoms with E-state index in [2.05, 4.69) is 15.3 Å². The van der Waals surface area contributed by atoms with Crippen LogP contribution in [-0.4, -0.2) is 34.4 Å². The highest BCUT2D eigenvalue weighted by Gasteiger charge is 1.98. The number of H-pyrrole nitrogens is 1. The Morgan fingerprint density at radius 3 is 3.23 bits per heavy atom. The molecule has 1 aromatic heterocycles. The number of aromatic amines is 1. The Kier molecular flexibility index (Phi) is 4.39. The SMILES string of the molecule is CSCC(=O)NCCc1cnc[nH]1. The fourth-order valence-corrected chi connectivity index (χ4v) is 1.30. The van der Waals surface area contributed by atoms with Gasteiger partial charge in [0.2, 0.25) is 5.91 Å². The quantitative estimate of drug-likeness (QED) is 0.723. The van der Waals surface area contributed by atoms with Gasteiger partial charge in [-0.05, 0) is 6.26 Å². The Morgan fingerprint density at radius 2 is 2.62 bits per heavy atom. The summed E-state index contributed by atoms with van der Waals surface area (Å²) in [6, 6.07) is 0. The highest BCUT2D eigenvalue weighted by atomic mass is 32.2.